The summed E-state index contributed by atoms with van der Waals surface area (Å²) in [6, 6.07) is -1.52. The van der Waals surface area contributed by atoms with Gasteiger partial charge in [0.1, 0.15) is 43.7 Å². The zero-order valence-corrected chi connectivity index (χ0v) is 31.6. The van der Waals surface area contributed by atoms with Crippen LogP contribution in [0.15, 0.2) is 0 Å². The zero-order chi connectivity index (χ0) is 41.0. The Hall–Kier alpha value is -4.54. The molecule has 2 N–H and O–H groups in total. The summed E-state index contributed by atoms with van der Waals surface area (Å²) >= 11 is 4.50. The molecule has 0 aromatic carbocycles. The van der Waals surface area contributed by atoms with E-state index in [-0.39, 0.29) is 0 Å². The third-order valence-corrected chi connectivity index (χ3v) is 8.00. The molecule has 0 saturated carbocycles. The van der Waals surface area contributed by atoms with Crippen LogP contribution in [-0.2, 0) is 90.5 Å². The van der Waals surface area contributed by atoms with Crippen LogP contribution in [0.1, 0.15) is 61.8 Å². The van der Waals surface area contributed by atoms with Crippen LogP contribution in [0, 0.1) is 0 Å². The molecule has 0 spiro atoms. The number of esters is 7. The predicted molar refractivity (Wildman–Crippen MR) is 176 cm³/mol. The number of carbonyl (C=O) groups excluding carboxylic acids is 8. The number of nitrogens with one attached hydrogen (secondary N) is 1. The van der Waals surface area contributed by atoms with Crippen LogP contribution >= 0.6 is 12.6 Å². The summed E-state index contributed by atoms with van der Waals surface area (Å²) in [5.41, 5.74) is 0. The highest BCUT2D eigenvalue weighted by Crippen LogP contribution is 2.37. The highest BCUT2D eigenvalue weighted by molar-refractivity contribution is 7.81. The van der Waals surface area contributed by atoms with Gasteiger partial charge in [0.05, 0.1) is 0 Å². The maximum Gasteiger partial charge on any atom is 0.326 e. The first-order valence-electron chi connectivity index (χ1n) is 16.4. The molecular formula is C32H45NO20S. The first-order chi connectivity index (χ1) is 25.1. The van der Waals surface area contributed by atoms with Gasteiger partial charge >= 0.3 is 47.8 Å². The molecule has 22 heteroatoms. The molecule has 2 saturated heterocycles. The number of rotatable bonds is 16. The number of hydrogen-bond donors (Lipinski definition) is 3. The fraction of sp³-hybridized carbons (Fsp3) is 0.719. The first-order valence-corrected chi connectivity index (χ1v) is 16.9. The molecule has 2 aliphatic heterocycles. The monoisotopic (exact) mass is 795 g/mol. The maximum absolute atomic E-state index is 12.6. The minimum atomic E-state index is -1.88. The number of thiol groups is 1. The average molecular weight is 796 g/mol. The lowest BCUT2D eigenvalue weighted by atomic mass is 9.90. The molecule has 21 nitrogen and oxygen atoms in total. The Labute approximate surface area is 314 Å². The van der Waals surface area contributed by atoms with E-state index >= 15 is 0 Å². The van der Waals surface area contributed by atoms with Gasteiger partial charge < -0.3 is 57.8 Å². The number of amides is 1. The highest BCUT2D eigenvalue weighted by Gasteiger charge is 2.58. The molecule has 0 radical (unpaired) electrons. The van der Waals surface area contributed by atoms with Gasteiger partial charge in [-0.15, -0.1) is 0 Å². The van der Waals surface area contributed by atoms with Gasteiger partial charge in [0.15, 0.2) is 36.8 Å². The molecule has 2 heterocycles. The van der Waals surface area contributed by atoms with Crippen LogP contribution in [0.5, 0.6) is 0 Å². The molecule has 0 aliphatic carbocycles. The van der Waals surface area contributed by atoms with E-state index in [1.54, 1.807) is 0 Å². The molecule has 0 bridgehead atoms. The Morgan fingerprint density at radius 2 is 0.981 bits per heavy atom. The number of carbonyl (C=O) groups is 9. The molecule has 0 aromatic heterocycles. The maximum atomic E-state index is 12.6. The van der Waals surface area contributed by atoms with Gasteiger partial charge in [-0.05, 0) is 6.42 Å². The van der Waals surface area contributed by atoms with Gasteiger partial charge in [-0.3, -0.25) is 38.4 Å². The van der Waals surface area contributed by atoms with Gasteiger partial charge in [0.2, 0.25) is 5.91 Å². The van der Waals surface area contributed by atoms with E-state index in [9.17, 15) is 48.3 Å². The minimum Gasteiger partial charge on any atom is -0.480 e. The Morgan fingerprint density at radius 3 is 1.41 bits per heavy atom. The van der Waals surface area contributed by atoms with Crippen molar-refractivity contribution in [1.29, 1.82) is 0 Å². The third-order valence-electron chi connectivity index (χ3n) is 7.50. The lowest BCUT2D eigenvalue weighted by Gasteiger charge is -2.49. The van der Waals surface area contributed by atoms with E-state index in [4.69, 9.17) is 47.4 Å². The van der Waals surface area contributed by atoms with Crippen molar-refractivity contribution in [3.05, 3.63) is 0 Å². The molecule has 54 heavy (non-hydrogen) atoms. The third kappa shape index (κ3) is 14.0. The van der Waals surface area contributed by atoms with Gasteiger partial charge in [-0.25, -0.2) is 4.79 Å². The predicted octanol–water partition coefficient (Wildman–Crippen LogP) is -1.07. The molecule has 1 amide bonds. The zero-order valence-electron chi connectivity index (χ0n) is 30.7. The summed E-state index contributed by atoms with van der Waals surface area (Å²) in [6.07, 6.45) is -16.8. The van der Waals surface area contributed by atoms with Crippen molar-refractivity contribution in [3.8, 4) is 0 Å². The molecular weight excluding hydrogens is 750 g/mol. The normalized spacial score (nSPS) is 28.8. The number of hydrogen-bond acceptors (Lipinski definition) is 20. The minimum absolute atomic E-state index is 0.432. The van der Waals surface area contributed by atoms with Crippen LogP contribution in [0.4, 0.5) is 0 Å². The Balaban J connectivity index is 2.79. The van der Waals surface area contributed by atoms with Gasteiger partial charge in [-0.2, -0.15) is 12.6 Å². The number of ether oxygens (including phenoxy) is 10. The lowest BCUT2D eigenvalue weighted by Crippen LogP contribution is -2.68. The summed E-state index contributed by atoms with van der Waals surface area (Å²) in [5.74, 6) is -8.44. The molecule has 0 aromatic rings. The highest BCUT2D eigenvalue weighted by atomic mass is 32.1. The van der Waals surface area contributed by atoms with Crippen LogP contribution in [-0.4, -0.2) is 144 Å². The fourth-order valence-corrected chi connectivity index (χ4v) is 6.15. The van der Waals surface area contributed by atoms with Crippen LogP contribution in [0.2, 0.25) is 0 Å². The van der Waals surface area contributed by atoms with Crippen molar-refractivity contribution in [1.82, 2.24) is 5.32 Å². The molecule has 2 aliphatic rings. The molecule has 304 valence electrons. The van der Waals surface area contributed by atoms with E-state index in [1.807, 2.05) is 0 Å². The van der Waals surface area contributed by atoms with E-state index in [2.05, 4.69) is 17.9 Å². The largest absolute Gasteiger partial charge is 0.480 e. The summed E-state index contributed by atoms with van der Waals surface area (Å²) in [4.78, 5) is 109. The lowest BCUT2D eigenvalue weighted by molar-refractivity contribution is -0.345. The summed E-state index contributed by atoms with van der Waals surface area (Å²) < 4.78 is 56.2. The van der Waals surface area contributed by atoms with Crippen molar-refractivity contribution in [2.24, 2.45) is 0 Å². The second kappa shape index (κ2) is 20.8. The second-order valence-electron chi connectivity index (χ2n) is 12.2. The SMILES string of the molecule is CC(=O)NC(CC(S)[C@@H]1O[C@H](COC(C)=O)[C@@H](O[C@@H]2O[C@H](COC(C)=O)[C@@H](OC(C)=O)[C@H](OC(C)=O)[C@H]2OC(C)=O)[C@H](OC(C)=O)[C@H]1OC(C)=O)C(=O)O. The Morgan fingerprint density at radius 1 is 0.574 bits per heavy atom. The van der Waals surface area contributed by atoms with Crippen molar-refractivity contribution in [2.75, 3.05) is 13.2 Å². The topological polar surface area (TPSA) is 278 Å². The average Bonchev–Trinajstić information content (AvgIpc) is 3.01. The van der Waals surface area contributed by atoms with E-state index in [0.29, 0.717) is 0 Å². The van der Waals surface area contributed by atoms with Crippen molar-refractivity contribution >= 4 is 66.3 Å². The van der Waals surface area contributed by atoms with Gasteiger partial charge in [-0.1, -0.05) is 0 Å². The summed E-state index contributed by atoms with van der Waals surface area (Å²) in [7, 11) is 0. The number of carboxylic acids is 1. The Bertz CT molecular complexity index is 1420. The second-order valence-corrected chi connectivity index (χ2v) is 12.8. The van der Waals surface area contributed by atoms with E-state index < -0.39 is 146 Å². The van der Waals surface area contributed by atoms with Gasteiger partial charge in [0.25, 0.3) is 0 Å². The number of aliphatic carboxylic acids is 1. The summed E-state index contributed by atoms with van der Waals surface area (Å²) in [6.45, 7) is 6.96. The fourth-order valence-electron chi connectivity index (χ4n) is 5.70. The van der Waals surface area contributed by atoms with E-state index in [1.165, 1.54) is 0 Å². The first kappa shape index (κ1) is 45.6. The summed E-state index contributed by atoms with van der Waals surface area (Å²) in [5, 5.41) is 10.8. The van der Waals surface area contributed by atoms with Crippen LogP contribution in [0.25, 0.3) is 0 Å². The van der Waals surface area contributed by atoms with Crippen LogP contribution in [0.3, 0.4) is 0 Å². The van der Waals surface area contributed by atoms with Gasteiger partial charge in [0, 0.05) is 60.6 Å². The van der Waals surface area contributed by atoms with Crippen molar-refractivity contribution in [2.45, 2.75) is 134 Å². The van der Waals surface area contributed by atoms with Crippen molar-refractivity contribution < 1.29 is 95.6 Å². The molecule has 2 unspecified atom stereocenters. The Kier molecular flexibility index (Phi) is 17.6. The molecule has 12 atom stereocenters. The smallest absolute Gasteiger partial charge is 0.326 e. The molecule has 2 rings (SSSR count). The van der Waals surface area contributed by atoms with E-state index in [0.717, 1.165) is 55.4 Å². The standard InChI is InChI=1S/C32H45NO20S/c1-12(34)33-20(31(42)43)9-23(54)26-29(49-18(7)40)27(47-16(5)38)25(21(51-26)10-44-13(2)35)53-32-30(50-19(8)41)28(48-17(6)39)24(46-15(4)37)22(52-32)11-45-14(3)36/h20-30,32,54H,9-11H2,1-8H3,(H,33,34)(H,42,43)/t20?,21-,22-,23?,24-,25-,26+,27+,28+,29+,30-,32+/m1/s1. The van der Waals surface area contributed by atoms with Crippen LogP contribution < -0.4 is 5.32 Å². The quantitative estimate of drug-likeness (QED) is 0.0952. The molecule has 2 fully saturated rings. The van der Waals surface area contributed by atoms with Crippen molar-refractivity contribution in [3.63, 3.8) is 0 Å². The number of carboxylic acid groups (broad SMARTS) is 1.